The van der Waals surface area contributed by atoms with Crippen molar-refractivity contribution in [3.63, 3.8) is 0 Å². The minimum absolute atomic E-state index is 0.278. The van der Waals surface area contributed by atoms with E-state index in [-0.39, 0.29) is 5.82 Å². The Morgan fingerprint density at radius 3 is 3.05 bits per heavy atom. The molecular weight excluding hydrogens is 277 g/mol. The van der Waals surface area contributed by atoms with Crippen molar-refractivity contribution in [2.75, 3.05) is 6.54 Å². The summed E-state index contributed by atoms with van der Waals surface area (Å²) < 4.78 is 15.4. The first-order chi connectivity index (χ1) is 9.63. The Morgan fingerprint density at radius 1 is 1.40 bits per heavy atom. The summed E-state index contributed by atoms with van der Waals surface area (Å²) in [6, 6.07) is 4.51. The summed E-state index contributed by atoms with van der Waals surface area (Å²) in [6.07, 6.45) is 1.73. The van der Waals surface area contributed by atoms with Crippen molar-refractivity contribution in [1.82, 2.24) is 19.7 Å². The molecule has 20 heavy (non-hydrogen) atoms. The van der Waals surface area contributed by atoms with E-state index in [0.717, 1.165) is 30.0 Å². The molecule has 1 aliphatic heterocycles. The molecule has 1 aromatic carbocycles. The van der Waals surface area contributed by atoms with E-state index in [1.165, 1.54) is 12.1 Å². The summed E-state index contributed by atoms with van der Waals surface area (Å²) in [5.74, 6) is 0.643. The molecular formula is C13H14FN5S. The Morgan fingerprint density at radius 2 is 2.25 bits per heavy atom. The maximum Gasteiger partial charge on any atom is 0.147 e. The molecule has 0 radical (unpaired) electrons. The van der Waals surface area contributed by atoms with E-state index in [2.05, 4.69) is 15.1 Å². The second-order valence-electron chi connectivity index (χ2n) is 4.82. The molecule has 0 atom stereocenters. The van der Waals surface area contributed by atoms with Gasteiger partial charge in [-0.2, -0.15) is 0 Å². The van der Waals surface area contributed by atoms with Gasteiger partial charge in [0.15, 0.2) is 0 Å². The molecule has 2 aromatic rings. The van der Waals surface area contributed by atoms with Crippen LogP contribution in [-0.2, 0) is 19.6 Å². The summed E-state index contributed by atoms with van der Waals surface area (Å²) in [5, 5.41) is 7.96. The van der Waals surface area contributed by atoms with Crippen LogP contribution < -0.4 is 5.73 Å². The average Bonchev–Trinajstić information content (AvgIpc) is 2.85. The summed E-state index contributed by atoms with van der Waals surface area (Å²) in [6.45, 7) is 2.98. The molecule has 7 heteroatoms. The SMILES string of the molecule is NC(=S)c1ccc(F)cc1CN1CCn2cnnc2C1. The smallest absolute Gasteiger partial charge is 0.147 e. The maximum absolute atomic E-state index is 13.4. The molecule has 0 saturated carbocycles. The fourth-order valence-electron chi connectivity index (χ4n) is 2.43. The van der Waals surface area contributed by atoms with Crippen LogP contribution in [-0.4, -0.2) is 31.2 Å². The van der Waals surface area contributed by atoms with Gasteiger partial charge in [-0.1, -0.05) is 12.2 Å². The van der Waals surface area contributed by atoms with Crippen LogP contribution in [0.2, 0.25) is 0 Å². The fraction of sp³-hybridized carbons (Fsp3) is 0.308. The Balaban J connectivity index is 1.82. The number of hydrogen-bond acceptors (Lipinski definition) is 4. The lowest BCUT2D eigenvalue weighted by molar-refractivity contribution is 0.208. The first kappa shape index (κ1) is 13.1. The van der Waals surface area contributed by atoms with Crippen LogP contribution in [0.3, 0.4) is 0 Å². The zero-order valence-corrected chi connectivity index (χ0v) is 11.6. The van der Waals surface area contributed by atoms with E-state index in [1.54, 1.807) is 12.4 Å². The highest BCUT2D eigenvalue weighted by Gasteiger charge is 2.19. The van der Waals surface area contributed by atoms with Crippen molar-refractivity contribution in [2.24, 2.45) is 5.73 Å². The number of nitrogens with two attached hydrogens (primary N) is 1. The summed E-state index contributed by atoms with van der Waals surface area (Å²) in [4.78, 5) is 2.47. The third-order valence-electron chi connectivity index (χ3n) is 3.44. The Labute approximate surface area is 121 Å². The van der Waals surface area contributed by atoms with Crippen molar-refractivity contribution < 1.29 is 4.39 Å². The number of hydrogen-bond donors (Lipinski definition) is 1. The molecule has 5 nitrogen and oxygen atoms in total. The Kier molecular flexibility index (Phi) is 3.45. The first-order valence-corrected chi connectivity index (χ1v) is 6.71. The van der Waals surface area contributed by atoms with Crippen LogP contribution in [0.15, 0.2) is 24.5 Å². The monoisotopic (exact) mass is 291 g/mol. The van der Waals surface area contributed by atoms with Crippen molar-refractivity contribution >= 4 is 17.2 Å². The van der Waals surface area contributed by atoms with Crippen molar-refractivity contribution in [3.05, 3.63) is 47.3 Å². The largest absolute Gasteiger partial charge is 0.389 e. The van der Waals surface area contributed by atoms with E-state index in [9.17, 15) is 4.39 Å². The molecule has 0 bridgehead atoms. The third kappa shape index (κ3) is 2.54. The molecule has 2 heterocycles. The van der Waals surface area contributed by atoms with Crippen LogP contribution in [0, 0.1) is 5.82 Å². The molecule has 0 spiro atoms. The molecule has 0 amide bonds. The summed E-state index contributed by atoms with van der Waals surface area (Å²) >= 11 is 5.02. The van der Waals surface area contributed by atoms with Crippen molar-refractivity contribution in [1.29, 1.82) is 0 Å². The van der Waals surface area contributed by atoms with Gasteiger partial charge in [0.1, 0.15) is 23.0 Å². The number of thiocarbonyl (C=S) groups is 1. The number of benzene rings is 1. The molecule has 104 valence electrons. The molecule has 0 unspecified atom stereocenters. The van der Waals surface area contributed by atoms with Crippen molar-refractivity contribution in [2.45, 2.75) is 19.6 Å². The van der Waals surface area contributed by atoms with E-state index in [4.69, 9.17) is 18.0 Å². The van der Waals surface area contributed by atoms with Crippen LogP contribution >= 0.6 is 12.2 Å². The van der Waals surface area contributed by atoms with Gasteiger partial charge in [0.2, 0.25) is 0 Å². The normalized spacial score (nSPS) is 15.1. The highest BCUT2D eigenvalue weighted by Crippen LogP contribution is 2.17. The lowest BCUT2D eigenvalue weighted by atomic mass is 10.1. The van der Waals surface area contributed by atoms with Crippen LogP contribution in [0.25, 0.3) is 0 Å². The quantitative estimate of drug-likeness (QED) is 0.857. The van der Waals surface area contributed by atoms with E-state index in [1.807, 2.05) is 4.57 Å². The molecule has 1 aromatic heterocycles. The summed E-state index contributed by atoms with van der Waals surface area (Å²) in [5.41, 5.74) is 7.23. The van der Waals surface area contributed by atoms with Gasteiger partial charge in [0, 0.05) is 25.2 Å². The van der Waals surface area contributed by atoms with Crippen LogP contribution in [0.1, 0.15) is 17.0 Å². The zero-order chi connectivity index (χ0) is 14.1. The number of rotatable bonds is 3. The molecule has 1 aliphatic rings. The fourth-order valence-corrected chi connectivity index (χ4v) is 2.62. The number of halogens is 1. The third-order valence-corrected chi connectivity index (χ3v) is 3.66. The second kappa shape index (κ2) is 5.26. The molecule has 0 saturated heterocycles. The second-order valence-corrected chi connectivity index (χ2v) is 5.26. The van der Waals surface area contributed by atoms with Crippen LogP contribution in [0.4, 0.5) is 4.39 Å². The zero-order valence-electron chi connectivity index (χ0n) is 10.8. The lowest BCUT2D eigenvalue weighted by Gasteiger charge is -2.27. The number of nitrogens with zero attached hydrogens (tertiary/aromatic N) is 4. The minimum Gasteiger partial charge on any atom is -0.389 e. The Hall–Kier alpha value is -1.86. The van der Waals surface area contributed by atoms with E-state index in [0.29, 0.717) is 18.1 Å². The van der Waals surface area contributed by atoms with Gasteiger partial charge in [0.05, 0.1) is 6.54 Å². The molecule has 3 rings (SSSR count). The average molecular weight is 291 g/mol. The predicted octanol–water partition coefficient (Wildman–Crippen LogP) is 1.07. The first-order valence-electron chi connectivity index (χ1n) is 6.31. The van der Waals surface area contributed by atoms with Gasteiger partial charge in [0.25, 0.3) is 0 Å². The van der Waals surface area contributed by atoms with Gasteiger partial charge in [-0.15, -0.1) is 10.2 Å². The minimum atomic E-state index is -0.278. The topological polar surface area (TPSA) is 60.0 Å². The highest BCUT2D eigenvalue weighted by molar-refractivity contribution is 7.80. The van der Waals surface area contributed by atoms with E-state index >= 15 is 0 Å². The molecule has 0 aliphatic carbocycles. The molecule has 0 fully saturated rings. The van der Waals surface area contributed by atoms with Gasteiger partial charge >= 0.3 is 0 Å². The number of fused-ring (bicyclic) bond motifs is 1. The predicted molar refractivity (Wildman–Crippen MR) is 76.4 cm³/mol. The highest BCUT2D eigenvalue weighted by atomic mass is 32.1. The van der Waals surface area contributed by atoms with Crippen LogP contribution in [0.5, 0.6) is 0 Å². The Bertz CT molecular complexity index is 654. The molecule has 2 N–H and O–H groups in total. The van der Waals surface area contributed by atoms with Gasteiger partial charge in [-0.3, -0.25) is 4.90 Å². The lowest BCUT2D eigenvalue weighted by Crippen LogP contribution is -2.33. The standard InChI is InChI=1S/C13H14FN5S/c14-10-1-2-11(13(15)20)9(5-10)6-18-3-4-19-8-16-17-12(19)7-18/h1-2,5,8H,3-4,6-7H2,(H2,15,20). The summed E-state index contributed by atoms with van der Waals surface area (Å²) in [7, 11) is 0. The van der Waals surface area contributed by atoms with Crippen molar-refractivity contribution in [3.8, 4) is 0 Å². The van der Waals surface area contributed by atoms with Gasteiger partial charge < -0.3 is 10.3 Å². The number of aromatic nitrogens is 3. The maximum atomic E-state index is 13.4. The van der Waals surface area contributed by atoms with Gasteiger partial charge in [-0.25, -0.2) is 4.39 Å². The van der Waals surface area contributed by atoms with E-state index < -0.39 is 0 Å². The van der Waals surface area contributed by atoms with Gasteiger partial charge in [-0.05, 0) is 23.8 Å².